The maximum Gasteiger partial charge on any atom is 0.261 e. The highest BCUT2D eigenvalue weighted by Gasteiger charge is 2.23. The van der Waals surface area contributed by atoms with Crippen molar-refractivity contribution in [1.82, 2.24) is 15.2 Å². The zero-order valence-electron chi connectivity index (χ0n) is 14.1. The van der Waals surface area contributed by atoms with Crippen LogP contribution in [0.25, 0.3) is 0 Å². The summed E-state index contributed by atoms with van der Waals surface area (Å²) in [6, 6.07) is 3.54. The maximum absolute atomic E-state index is 12.7. The Balaban J connectivity index is 1.79. The first-order valence-corrected chi connectivity index (χ1v) is 8.70. The number of carbonyl (C=O) groups excluding carboxylic acids is 1. The lowest BCUT2D eigenvalue weighted by atomic mass is 9.98. The van der Waals surface area contributed by atoms with Gasteiger partial charge in [0, 0.05) is 24.7 Å². The van der Waals surface area contributed by atoms with Crippen LogP contribution in [0.3, 0.4) is 0 Å². The van der Waals surface area contributed by atoms with Gasteiger partial charge in [-0.2, -0.15) is 0 Å². The van der Waals surface area contributed by atoms with Gasteiger partial charge in [-0.25, -0.2) is 4.98 Å². The highest BCUT2D eigenvalue weighted by Crippen LogP contribution is 2.28. The van der Waals surface area contributed by atoms with E-state index in [9.17, 15) is 4.79 Å². The summed E-state index contributed by atoms with van der Waals surface area (Å²) in [5.74, 6) is 0.458. The molecule has 128 valence electrons. The number of hydrogen-bond acceptors (Lipinski definition) is 7. The third kappa shape index (κ3) is 3.70. The molecular formula is C16H21N5O2S. The summed E-state index contributed by atoms with van der Waals surface area (Å²) in [6.07, 6.45) is 1.70. The largest absolute Gasteiger partial charge is 0.378 e. The number of hydrogen-bond donors (Lipinski definition) is 1. The Morgan fingerprint density at radius 1 is 1.29 bits per heavy atom. The van der Waals surface area contributed by atoms with Gasteiger partial charge in [0.1, 0.15) is 10.8 Å². The molecule has 1 fully saturated rings. The second kappa shape index (κ2) is 6.82. The molecule has 0 radical (unpaired) electrons. The quantitative estimate of drug-likeness (QED) is 0.918. The number of anilines is 2. The molecule has 0 unspecified atom stereocenters. The Hall–Kier alpha value is -2.06. The smallest absolute Gasteiger partial charge is 0.261 e. The van der Waals surface area contributed by atoms with Crippen LogP contribution in [0.5, 0.6) is 0 Å². The molecule has 0 bridgehead atoms. The minimum atomic E-state index is -0.221. The van der Waals surface area contributed by atoms with Crippen molar-refractivity contribution in [3.05, 3.63) is 28.9 Å². The van der Waals surface area contributed by atoms with Crippen LogP contribution in [-0.2, 0) is 10.2 Å². The molecule has 0 spiro atoms. The van der Waals surface area contributed by atoms with Gasteiger partial charge >= 0.3 is 0 Å². The van der Waals surface area contributed by atoms with Gasteiger partial charge in [0.25, 0.3) is 5.91 Å². The molecule has 24 heavy (non-hydrogen) atoms. The average molecular weight is 347 g/mol. The third-order valence-electron chi connectivity index (χ3n) is 3.63. The molecule has 1 amide bonds. The van der Waals surface area contributed by atoms with Crippen LogP contribution < -0.4 is 10.2 Å². The molecule has 1 aliphatic heterocycles. The summed E-state index contributed by atoms with van der Waals surface area (Å²) in [5, 5.41) is 12.5. The van der Waals surface area contributed by atoms with Gasteiger partial charge in [-0.1, -0.05) is 32.1 Å². The van der Waals surface area contributed by atoms with Gasteiger partial charge < -0.3 is 9.64 Å². The zero-order chi connectivity index (χ0) is 17.2. The predicted octanol–water partition coefficient (Wildman–Crippen LogP) is 2.32. The van der Waals surface area contributed by atoms with E-state index in [1.807, 2.05) is 0 Å². The Kier molecular flexibility index (Phi) is 4.77. The lowest BCUT2D eigenvalue weighted by Gasteiger charge is -2.28. The van der Waals surface area contributed by atoms with E-state index in [2.05, 4.69) is 46.2 Å². The number of aromatic nitrogens is 3. The lowest BCUT2D eigenvalue weighted by Crippen LogP contribution is -2.38. The van der Waals surface area contributed by atoms with E-state index in [-0.39, 0.29) is 11.3 Å². The van der Waals surface area contributed by atoms with Crippen molar-refractivity contribution in [3.63, 3.8) is 0 Å². The number of ether oxygens (including phenoxy) is 1. The average Bonchev–Trinajstić information content (AvgIpc) is 3.04. The molecule has 0 aliphatic carbocycles. The molecule has 1 saturated heterocycles. The molecule has 1 aliphatic rings. The molecule has 3 rings (SSSR count). The SMILES string of the molecule is CC(C)(C)c1nnc(NC(=O)c2cccnc2N2CCOCC2)s1. The van der Waals surface area contributed by atoms with E-state index >= 15 is 0 Å². The van der Waals surface area contributed by atoms with E-state index in [4.69, 9.17) is 4.74 Å². The number of nitrogens with one attached hydrogen (secondary N) is 1. The van der Waals surface area contributed by atoms with Crippen LogP contribution in [0.2, 0.25) is 0 Å². The number of pyridine rings is 1. The van der Waals surface area contributed by atoms with Crippen LogP contribution in [0.4, 0.5) is 10.9 Å². The summed E-state index contributed by atoms with van der Waals surface area (Å²) in [4.78, 5) is 19.1. The van der Waals surface area contributed by atoms with Gasteiger partial charge in [0.2, 0.25) is 5.13 Å². The van der Waals surface area contributed by atoms with Crippen LogP contribution >= 0.6 is 11.3 Å². The fourth-order valence-electron chi connectivity index (χ4n) is 2.34. The fourth-order valence-corrected chi connectivity index (χ4v) is 3.14. The van der Waals surface area contributed by atoms with Gasteiger partial charge in [0.15, 0.2) is 0 Å². The van der Waals surface area contributed by atoms with Gasteiger partial charge in [-0.3, -0.25) is 10.1 Å². The molecular weight excluding hydrogens is 326 g/mol. The summed E-state index contributed by atoms with van der Waals surface area (Å²) in [6.45, 7) is 8.94. The van der Waals surface area contributed by atoms with Crippen LogP contribution in [0.15, 0.2) is 18.3 Å². The summed E-state index contributed by atoms with van der Waals surface area (Å²) >= 11 is 1.40. The Bertz CT molecular complexity index is 719. The highest BCUT2D eigenvalue weighted by molar-refractivity contribution is 7.15. The molecule has 2 aromatic heterocycles. The minimum absolute atomic E-state index is 0.0894. The van der Waals surface area contributed by atoms with Gasteiger partial charge in [0.05, 0.1) is 18.8 Å². The van der Waals surface area contributed by atoms with Crippen molar-refractivity contribution in [1.29, 1.82) is 0 Å². The zero-order valence-corrected chi connectivity index (χ0v) is 14.9. The van der Waals surface area contributed by atoms with Gasteiger partial charge in [-0.15, -0.1) is 10.2 Å². The normalized spacial score (nSPS) is 15.4. The fraction of sp³-hybridized carbons (Fsp3) is 0.500. The van der Waals surface area contributed by atoms with Crippen molar-refractivity contribution in [2.45, 2.75) is 26.2 Å². The number of amides is 1. The van der Waals surface area contributed by atoms with Gasteiger partial charge in [-0.05, 0) is 12.1 Å². The number of morpholine rings is 1. The Labute approximate surface area is 145 Å². The molecule has 7 nitrogen and oxygen atoms in total. The van der Waals surface area contributed by atoms with E-state index < -0.39 is 0 Å². The van der Waals surface area contributed by atoms with Crippen LogP contribution in [0, 0.1) is 0 Å². The van der Waals surface area contributed by atoms with Crippen molar-refractivity contribution in [2.24, 2.45) is 0 Å². The second-order valence-electron chi connectivity index (χ2n) is 6.59. The van der Waals surface area contributed by atoms with E-state index in [1.165, 1.54) is 11.3 Å². The number of rotatable bonds is 3. The van der Waals surface area contributed by atoms with Crippen LogP contribution in [-0.4, -0.2) is 47.4 Å². The summed E-state index contributed by atoms with van der Waals surface area (Å²) < 4.78 is 5.37. The first-order valence-electron chi connectivity index (χ1n) is 7.88. The Morgan fingerprint density at radius 2 is 2.04 bits per heavy atom. The minimum Gasteiger partial charge on any atom is -0.378 e. The standard InChI is InChI=1S/C16H21N5O2S/c1-16(2,3)14-19-20-15(24-14)18-13(22)11-5-4-6-17-12(11)21-7-9-23-10-8-21/h4-6H,7-10H2,1-3H3,(H,18,20,22). The molecule has 8 heteroatoms. The van der Waals surface area contributed by atoms with E-state index in [0.717, 1.165) is 18.1 Å². The lowest BCUT2D eigenvalue weighted by molar-refractivity contribution is 0.102. The molecule has 0 atom stereocenters. The van der Waals surface area contributed by atoms with E-state index in [1.54, 1.807) is 18.3 Å². The highest BCUT2D eigenvalue weighted by atomic mass is 32.1. The molecule has 3 heterocycles. The van der Waals surface area contributed by atoms with Crippen molar-refractivity contribution < 1.29 is 9.53 Å². The first-order chi connectivity index (χ1) is 11.4. The second-order valence-corrected chi connectivity index (χ2v) is 7.57. The predicted molar refractivity (Wildman–Crippen MR) is 93.8 cm³/mol. The van der Waals surface area contributed by atoms with Crippen molar-refractivity contribution in [2.75, 3.05) is 36.5 Å². The topological polar surface area (TPSA) is 80.2 Å². The third-order valence-corrected chi connectivity index (χ3v) is 4.89. The monoisotopic (exact) mass is 347 g/mol. The first kappa shape index (κ1) is 16.8. The molecule has 2 aromatic rings. The molecule has 0 saturated carbocycles. The van der Waals surface area contributed by atoms with E-state index in [0.29, 0.717) is 29.7 Å². The Morgan fingerprint density at radius 3 is 2.71 bits per heavy atom. The molecule has 1 N–H and O–H groups in total. The van der Waals surface area contributed by atoms with Crippen molar-refractivity contribution >= 4 is 28.2 Å². The number of carbonyl (C=O) groups is 1. The summed E-state index contributed by atoms with van der Waals surface area (Å²) in [7, 11) is 0. The van der Waals surface area contributed by atoms with Crippen molar-refractivity contribution in [3.8, 4) is 0 Å². The number of nitrogens with zero attached hydrogens (tertiary/aromatic N) is 4. The summed E-state index contributed by atoms with van der Waals surface area (Å²) in [5.41, 5.74) is 0.445. The molecule has 0 aromatic carbocycles. The van der Waals surface area contributed by atoms with Crippen LogP contribution in [0.1, 0.15) is 36.1 Å². The maximum atomic E-state index is 12.7.